The number of hydrogen-bond acceptors (Lipinski definition) is 5. The van der Waals surface area contributed by atoms with E-state index in [2.05, 4.69) is 20.3 Å². The molecule has 21 heavy (non-hydrogen) atoms. The maximum Gasteiger partial charge on any atom is 0.260 e. The van der Waals surface area contributed by atoms with Crippen molar-refractivity contribution in [2.24, 2.45) is 7.05 Å². The van der Waals surface area contributed by atoms with Crippen molar-refractivity contribution >= 4 is 28.3 Å². The van der Waals surface area contributed by atoms with Crippen LogP contribution in [0.3, 0.4) is 0 Å². The standard InChI is InChI=1S/C11H19N5O3S.ClH/c1-16-7-11(14-8-16)20(18,19)15-6-10(17)13-5-9-3-2-4-12-9;/h7-9,12,15H,2-6H2,1H3,(H,13,17);1H. The van der Waals surface area contributed by atoms with E-state index in [9.17, 15) is 13.2 Å². The van der Waals surface area contributed by atoms with Crippen molar-refractivity contribution in [2.75, 3.05) is 19.6 Å². The average Bonchev–Trinajstić information content (AvgIpc) is 3.05. The molecule has 1 aromatic rings. The monoisotopic (exact) mass is 337 g/mol. The van der Waals surface area contributed by atoms with Crippen LogP contribution < -0.4 is 15.4 Å². The highest BCUT2D eigenvalue weighted by Crippen LogP contribution is 2.04. The van der Waals surface area contributed by atoms with Crippen LogP contribution in [0.2, 0.25) is 0 Å². The zero-order chi connectivity index (χ0) is 14.6. The van der Waals surface area contributed by atoms with E-state index in [0.717, 1.165) is 19.4 Å². The number of hydrogen-bond donors (Lipinski definition) is 3. The van der Waals surface area contributed by atoms with E-state index < -0.39 is 10.0 Å². The zero-order valence-electron chi connectivity index (χ0n) is 11.7. The number of halogens is 1. The largest absolute Gasteiger partial charge is 0.353 e. The molecule has 1 aromatic heterocycles. The third-order valence-electron chi connectivity index (χ3n) is 3.09. The molecule has 0 bridgehead atoms. The lowest BCUT2D eigenvalue weighted by atomic mass is 10.2. The highest BCUT2D eigenvalue weighted by Gasteiger charge is 2.19. The topological polar surface area (TPSA) is 105 Å². The van der Waals surface area contributed by atoms with Gasteiger partial charge in [-0.2, -0.15) is 0 Å². The van der Waals surface area contributed by atoms with Crippen LogP contribution in [0.25, 0.3) is 0 Å². The first-order chi connectivity index (χ1) is 9.47. The number of aryl methyl sites for hydroxylation is 1. The lowest BCUT2D eigenvalue weighted by Crippen LogP contribution is -2.42. The summed E-state index contributed by atoms with van der Waals surface area (Å²) in [6, 6.07) is 0.284. The number of amides is 1. The third-order valence-corrected chi connectivity index (χ3v) is 4.37. The molecule has 1 atom stereocenters. The molecule has 3 N–H and O–H groups in total. The minimum absolute atomic E-state index is 0. The molecule has 120 valence electrons. The molecule has 10 heteroatoms. The van der Waals surface area contributed by atoms with Gasteiger partial charge in [0.1, 0.15) is 0 Å². The molecule has 1 amide bonds. The van der Waals surface area contributed by atoms with Crippen molar-refractivity contribution in [3.05, 3.63) is 12.5 Å². The molecule has 1 aliphatic heterocycles. The highest BCUT2D eigenvalue weighted by atomic mass is 35.5. The summed E-state index contributed by atoms with van der Waals surface area (Å²) >= 11 is 0. The predicted molar refractivity (Wildman–Crippen MR) is 79.7 cm³/mol. The number of rotatable bonds is 6. The van der Waals surface area contributed by atoms with Gasteiger partial charge in [0.25, 0.3) is 10.0 Å². The van der Waals surface area contributed by atoms with Gasteiger partial charge in [-0.1, -0.05) is 0 Å². The van der Waals surface area contributed by atoms with Crippen LogP contribution in [-0.4, -0.2) is 49.6 Å². The van der Waals surface area contributed by atoms with E-state index >= 15 is 0 Å². The first-order valence-electron chi connectivity index (χ1n) is 6.45. The predicted octanol–water partition coefficient (Wildman–Crippen LogP) is -1.01. The van der Waals surface area contributed by atoms with Gasteiger partial charge < -0.3 is 15.2 Å². The summed E-state index contributed by atoms with van der Waals surface area (Å²) in [6.07, 6.45) is 4.90. The van der Waals surface area contributed by atoms with Gasteiger partial charge in [0.05, 0.1) is 12.9 Å². The first-order valence-corrected chi connectivity index (χ1v) is 7.93. The Morgan fingerprint density at radius 2 is 2.33 bits per heavy atom. The summed E-state index contributed by atoms with van der Waals surface area (Å²) in [5.74, 6) is -0.349. The van der Waals surface area contributed by atoms with Crippen LogP contribution in [0.5, 0.6) is 0 Å². The Labute approximate surface area is 130 Å². The molecular formula is C11H20ClN5O3S. The second-order valence-electron chi connectivity index (χ2n) is 4.80. The normalized spacial score (nSPS) is 18.2. The SMILES string of the molecule is Cl.Cn1cnc(S(=O)(=O)NCC(=O)NCC2CCCN2)c1. The number of nitrogens with one attached hydrogen (secondary N) is 3. The minimum Gasteiger partial charge on any atom is -0.353 e. The van der Waals surface area contributed by atoms with Gasteiger partial charge in [-0.05, 0) is 19.4 Å². The second-order valence-corrected chi connectivity index (χ2v) is 6.51. The summed E-state index contributed by atoms with van der Waals surface area (Å²) in [7, 11) is -2.06. The molecule has 0 aromatic carbocycles. The smallest absolute Gasteiger partial charge is 0.260 e. The van der Waals surface area contributed by atoms with Gasteiger partial charge in [-0.15, -0.1) is 12.4 Å². The van der Waals surface area contributed by atoms with Crippen LogP contribution >= 0.6 is 12.4 Å². The van der Waals surface area contributed by atoms with Gasteiger partial charge in [0.15, 0.2) is 5.03 Å². The van der Waals surface area contributed by atoms with Gasteiger partial charge >= 0.3 is 0 Å². The molecular weight excluding hydrogens is 318 g/mol. The molecule has 2 rings (SSSR count). The number of sulfonamides is 1. The maximum absolute atomic E-state index is 11.8. The van der Waals surface area contributed by atoms with Crippen molar-refractivity contribution in [3.8, 4) is 0 Å². The van der Waals surface area contributed by atoms with E-state index in [0.29, 0.717) is 6.54 Å². The third kappa shape index (κ3) is 5.27. The van der Waals surface area contributed by atoms with Crippen LogP contribution in [0.4, 0.5) is 0 Å². The molecule has 0 saturated carbocycles. The van der Waals surface area contributed by atoms with Crippen molar-refractivity contribution in [3.63, 3.8) is 0 Å². The highest BCUT2D eigenvalue weighted by molar-refractivity contribution is 7.89. The summed E-state index contributed by atoms with van der Waals surface area (Å²) in [6.45, 7) is 1.20. The summed E-state index contributed by atoms with van der Waals surface area (Å²) < 4.78 is 27.4. The van der Waals surface area contributed by atoms with Gasteiger partial charge in [-0.3, -0.25) is 4.79 Å². The minimum atomic E-state index is -3.73. The lowest BCUT2D eigenvalue weighted by molar-refractivity contribution is -0.120. The Kier molecular flexibility index (Phi) is 6.59. The molecule has 8 nitrogen and oxygen atoms in total. The Balaban J connectivity index is 0.00000220. The molecule has 1 aliphatic rings. The van der Waals surface area contributed by atoms with E-state index in [-0.39, 0.29) is 35.9 Å². The van der Waals surface area contributed by atoms with Gasteiger partial charge in [-0.25, -0.2) is 18.1 Å². The fraction of sp³-hybridized carbons (Fsp3) is 0.636. The quantitative estimate of drug-likeness (QED) is 0.617. The Morgan fingerprint density at radius 1 is 1.57 bits per heavy atom. The number of carbonyl (C=O) groups excluding carboxylic acids is 1. The van der Waals surface area contributed by atoms with Crippen LogP contribution in [0.1, 0.15) is 12.8 Å². The van der Waals surface area contributed by atoms with E-state index in [1.165, 1.54) is 17.1 Å². The number of carbonyl (C=O) groups is 1. The van der Waals surface area contributed by atoms with Crippen LogP contribution in [0.15, 0.2) is 17.6 Å². The van der Waals surface area contributed by atoms with Gasteiger partial charge in [0, 0.05) is 25.8 Å². The number of aromatic nitrogens is 2. The Bertz CT molecular complexity index is 568. The van der Waals surface area contributed by atoms with E-state index in [4.69, 9.17) is 0 Å². The van der Waals surface area contributed by atoms with Crippen molar-refractivity contribution < 1.29 is 13.2 Å². The Hall–Kier alpha value is -1.16. The Morgan fingerprint density at radius 3 is 2.90 bits per heavy atom. The molecule has 1 unspecified atom stereocenters. The number of imidazole rings is 1. The van der Waals surface area contributed by atoms with Crippen LogP contribution in [-0.2, 0) is 21.9 Å². The van der Waals surface area contributed by atoms with Gasteiger partial charge in [0.2, 0.25) is 5.91 Å². The molecule has 2 heterocycles. The van der Waals surface area contributed by atoms with Crippen molar-refractivity contribution in [2.45, 2.75) is 23.9 Å². The molecule has 1 saturated heterocycles. The maximum atomic E-state index is 11.8. The summed E-state index contributed by atoms with van der Waals surface area (Å²) in [4.78, 5) is 15.3. The number of nitrogens with zero attached hydrogens (tertiary/aromatic N) is 2. The molecule has 0 radical (unpaired) electrons. The van der Waals surface area contributed by atoms with Crippen molar-refractivity contribution in [1.29, 1.82) is 0 Å². The molecule has 0 aliphatic carbocycles. The first kappa shape index (κ1) is 17.9. The van der Waals surface area contributed by atoms with E-state index in [1.807, 2.05) is 0 Å². The van der Waals surface area contributed by atoms with Crippen molar-refractivity contribution in [1.82, 2.24) is 24.9 Å². The fourth-order valence-corrected chi connectivity index (χ4v) is 2.95. The fourth-order valence-electron chi connectivity index (χ4n) is 1.99. The molecule has 1 fully saturated rings. The second kappa shape index (κ2) is 7.74. The molecule has 0 spiro atoms. The zero-order valence-corrected chi connectivity index (χ0v) is 13.3. The van der Waals surface area contributed by atoms with E-state index in [1.54, 1.807) is 7.05 Å². The average molecular weight is 338 g/mol. The summed E-state index contributed by atoms with van der Waals surface area (Å²) in [5, 5.41) is 5.85. The lowest BCUT2D eigenvalue weighted by Gasteiger charge is -2.11. The summed E-state index contributed by atoms with van der Waals surface area (Å²) in [5.41, 5.74) is 0. The van der Waals surface area contributed by atoms with Crippen LogP contribution in [0, 0.1) is 0 Å².